The standard InChI is InChI=1S/C23H24N2O4S.C20H18N2O3S.C3H6O/c1-4-30(27,28)17-7-5-6-16(11-17)18-8-9-20(29-13-15(3)26)22-21(18)19-10-14(2)12-24-23(19)25-22;1-3-26(24,25)14-6-4-5-13(10-14)15-7-8-17(23)19-18(15)16-9-12(2)11-21-20(16)22-19;1-3-2-4-3/h5-12,15,26H,4,13H2,1-3H3,(H,24,25);4-11,23H,3H2,1-2H3,(H,21,22);3H,2H2,1H3/t15-;;3-/m1.1/s1. The molecule has 1 saturated heterocycles. The first-order chi connectivity index (χ1) is 28.6. The Morgan fingerprint density at radius 3 is 1.68 bits per heavy atom. The maximum absolute atomic E-state index is 12.4. The third-order valence-electron chi connectivity index (χ3n) is 10.2. The Labute approximate surface area is 349 Å². The number of pyridine rings is 2. The molecular formula is C46H48N4O8S2. The fourth-order valence-corrected chi connectivity index (χ4v) is 8.75. The molecule has 1 fully saturated rings. The summed E-state index contributed by atoms with van der Waals surface area (Å²) in [6.45, 7) is 12.1. The van der Waals surface area contributed by atoms with Gasteiger partial charge in [0, 0.05) is 33.9 Å². The zero-order valence-corrected chi connectivity index (χ0v) is 35.9. The molecule has 0 unspecified atom stereocenters. The van der Waals surface area contributed by atoms with E-state index in [2.05, 4.69) is 32.9 Å². The maximum atomic E-state index is 12.4. The predicted octanol–water partition coefficient (Wildman–Crippen LogP) is 8.84. The Bertz CT molecular complexity index is 3100. The Morgan fingerprint density at radius 1 is 0.750 bits per heavy atom. The molecule has 0 amide bonds. The average Bonchev–Trinajstić information content (AvgIpc) is 3.79. The lowest BCUT2D eigenvalue weighted by atomic mass is 9.99. The van der Waals surface area contributed by atoms with Gasteiger partial charge in [0.05, 0.1) is 51.1 Å². The van der Waals surface area contributed by atoms with Gasteiger partial charge in [-0.25, -0.2) is 26.8 Å². The molecule has 1 aliphatic rings. The van der Waals surface area contributed by atoms with Crippen LogP contribution in [0.5, 0.6) is 11.5 Å². The van der Waals surface area contributed by atoms with Crippen LogP contribution < -0.4 is 4.74 Å². The number of fused-ring (bicyclic) bond motifs is 6. The quantitative estimate of drug-likeness (QED) is 0.102. The number of aryl methyl sites for hydroxylation is 2. The number of nitrogens with zero attached hydrogens (tertiary/aromatic N) is 2. The summed E-state index contributed by atoms with van der Waals surface area (Å²) in [7, 11) is -6.61. The monoisotopic (exact) mass is 848 g/mol. The van der Waals surface area contributed by atoms with Gasteiger partial charge in [0.15, 0.2) is 19.7 Å². The molecule has 5 heterocycles. The van der Waals surface area contributed by atoms with Crippen LogP contribution in [0.1, 0.15) is 38.8 Å². The molecule has 0 radical (unpaired) electrons. The second-order valence-corrected chi connectivity index (χ2v) is 19.5. The van der Waals surface area contributed by atoms with Crippen molar-refractivity contribution in [3.8, 4) is 33.8 Å². The second-order valence-electron chi connectivity index (χ2n) is 15.0. The summed E-state index contributed by atoms with van der Waals surface area (Å²) in [4.78, 5) is 16.0. The smallest absolute Gasteiger partial charge is 0.178 e. The number of aromatic nitrogens is 4. The first-order valence-electron chi connectivity index (χ1n) is 19.7. The van der Waals surface area contributed by atoms with Gasteiger partial charge in [0.2, 0.25) is 0 Å². The number of sulfone groups is 2. The number of epoxide rings is 1. The third-order valence-corrected chi connectivity index (χ3v) is 13.6. The van der Waals surface area contributed by atoms with Crippen LogP contribution in [-0.4, -0.2) is 83.9 Å². The van der Waals surface area contributed by atoms with Crippen LogP contribution in [0.25, 0.3) is 66.1 Å². The summed E-state index contributed by atoms with van der Waals surface area (Å²) in [6.07, 6.45) is 3.55. The van der Waals surface area contributed by atoms with Crippen LogP contribution in [0.2, 0.25) is 0 Å². The number of hydrogen-bond donors (Lipinski definition) is 4. The van der Waals surface area contributed by atoms with E-state index in [9.17, 15) is 27.0 Å². The highest BCUT2D eigenvalue weighted by molar-refractivity contribution is 7.91. The first kappa shape index (κ1) is 42.3. The van der Waals surface area contributed by atoms with Gasteiger partial charge in [-0.2, -0.15) is 0 Å². The normalized spacial score (nSPS) is 14.4. The molecule has 4 aromatic carbocycles. The number of phenols is 1. The van der Waals surface area contributed by atoms with E-state index in [4.69, 9.17) is 9.47 Å². The van der Waals surface area contributed by atoms with Crippen LogP contribution in [0.4, 0.5) is 0 Å². The molecule has 9 rings (SSSR count). The molecule has 2 atom stereocenters. The molecule has 1 aliphatic heterocycles. The average molecular weight is 849 g/mol. The molecule has 312 valence electrons. The van der Waals surface area contributed by atoms with Crippen LogP contribution in [0.15, 0.2) is 107 Å². The number of hydrogen-bond acceptors (Lipinski definition) is 10. The van der Waals surface area contributed by atoms with Gasteiger partial charge in [-0.15, -0.1) is 0 Å². The lowest BCUT2D eigenvalue weighted by Crippen LogP contribution is -2.12. The number of phenolic OH excluding ortho intramolecular Hbond substituents is 1. The molecule has 4 N–H and O–H groups in total. The molecule has 0 aliphatic carbocycles. The predicted molar refractivity (Wildman–Crippen MR) is 237 cm³/mol. The lowest BCUT2D eigenvalue weighted by molar-refractivity contribution is 0.123. The molecular weight excluding hydrogens is 801 g/mol. The fourth-order valence-electron chi connectivity index (χ4n) is 6.90. The highest BCUT2D eigenvalue weighted by Crippen LogP contribution is 2.41. The van der Waals surface area contributed by atoms with Crippen LogP contribution in [0.3, 0.4) is 0 Å². The number of benzene rings is 4. The van der Waals surface area contributed by atoms with E-state index in [1.165, 1.54) is 0 Å². The molecule has 0 saturated carbocycles. The largest absolute Gasteiger partial charge is 0.506 e. The van der Waals surface area contributed by atoms with Gasteiger partial charge >= 0.3 is 0 Å². The molecule has 60 heavy (non-hydrogen) atoms. The van der Waals surface area contributed by atoms with E-state index < -0.39 is 25.8 Å². The highest BCUT2D eigenvalue weighted by Gasteiger charge is 2.20. The minimum atomic E-state index is -3.32. The van der Waals surface area contributed by atoms with E-state index in [-0.39, 0.29) is 23.9 Å². The molecule has 0 spiro atoms. The van der Waals surface area contributed by atoms with E-state index in [0.29, 0.717) is 32.8 Å². The summed E-state index contributed by atoms with van der Waals surface area (Å²) in [5.74, 6) is 0.852. The third kappa shape index (κ3) is 8.87. The Balaban J connectivity index is 0.000000167. The zero-order chi connectivity index (χ0) is 42.9. The lowest BCUT2D eigenvalue weighted by Gasteiger charge is -2.12. The number of aromatic amines is 2. The van der Waals surface area contributed by atoms with Crippen LogP contribution in [0, 0.1) is 13.8 Å². The van der Waals surface area contributed by atoms with Crippen molar-refractivity contribution in [1.29, 1.82) is 0 Å². The van der Waals surface area contributed by atoms with Crippen molar-refractivity contribution in [3.05, 3.63) is 108 Å². The molecule has 4 aromatic heterocycles. The molecule has 0 bridgehead atoms. The highest BCUT2D eigenvalue weighted by atomic mass is 32.2. The van der Waals surface area contributed by atoms with Crippen molar-refractivity contribution < 1.29 is 36.5 Å². The maximum Gasteiger partial charge on any atom is 0.178 e. The number of nitrogens with one attached hydrogen (secondary N) is 2. The van der Waals surface area contributed by atoms with Crippen molar-refractivity contribution in [2.45, 2.75) is 63.5 Å². The van der Waals surface area contributed by atoms with Crippen molar-refractivity contribution in [2.24, 2.45) is 0 Å². The van der Waals surface area contributed by atoms with Gasteiger partial charge in [0.1, 0.15) is 29.4 Å². The summed E-state index contributed by atoms with van der Waals surface area (Å²) < 4.78 is 59.8. The van der Waals surface area contributed by atoms with Gasteiger partial charge in [-0.3, -0.25) is 0 Å². The van der Waals surface area contributed by atoms with Gasteiger partial charge in [-0.05, 0) is 122 Å². The number of rotatable bonds is 9. The van der Waals surface area contributed by atoms with Gasteiger partial charge < -0.3 is 29.7 Å². The van der Waals surface area contributed by atoms with Crippen molar-refractivity contribution in [2.75, 3.05) is 24.7 Å². The molecule has 12 nitrogen and oxygen atoms in total. The SMILES string of the molecule is CCS(=O)(=O)c1cccc(-c2ccc(O)c3[nH]c4ncc(C)cc4c23)c1.CCS(=O)(=O)c1cccc(-c2ccc(OC[C@@H](C)O)c3[nH]c4ncc(C)cc4c23)c1.C[C@@H]1CO1. The molecule has 14 heteroatoms. The minimum Gasteiger partial charge on any atom is -0.506 e. The number of aromatic hydroxyl groups is 1. The number of aliphatic hydroxyl groups is 1. The van der Waals surface area contributed by atoms with E-state index in [1.807, 2.05) is 50.2 Å². The van der Waals surface area contributed by atoms with E-state index in [0.717, 1.165) is 72.7 Å². The first-order valence-corrected chi connectivity index (χ1v) is 23.0. The molecule has 8 aromatic rings. The minimum absolute atomic E-state index is 0.0498. The Kier molecular flexibility index (Phi) is 12.0. The zero-order valence-electron chi connectivity index (χ0n) is 34.3. The number of ether oxygens (including phenoxy) is 2. The summed E-state index contributed by atoms with van der Waals surface area (Å²) in [5.41, 5.74) is 8.14. The van der Waals surface area contributed by atoms with Crippen molar-refractivity contribution >= 4 is 63.5 Å². The van der Waals surface area contributed by atoms with Gasteiger partial charge in [-0.1, -0.05) is 38.1 Å². The second kappa shape index (κ2) is 17.1. The Hall–Kier alpha value is -5.80. The summed E-state index contributed by atoms with van der Waals surface area (Å²) in [6, 6.07) is 25.2. The van der Waals surface area contributed by atoms with Crippen LogP contribution in [-0.2, 0) is 24.4 Å². The summed E-state index contributed by atoms with van der Waals surface area (Å²) >= 11 is 0. The summed E-state index contributed by atoms with van der Waals surface area (Å²) in [5, 5.41) is 23.5. The van der Waals surface area contributed by atoms with Crippen LogP contribution >= 0.6 is 0 Å². The van der Waals surface area contributed by atoms with Crippen molar-refractivity contribution in [1.82, 2.24) is 19.9 Å². The fraction of sp³-hybridized carbons (Fsp3) is 0.261. The Morgan fingerprint density at radius 2 is 1.22 bits per heavy atom. The van der Waals surface area contributed by atoms with E-state index in [1.54, 1.807) is 75.6 Å². The number of H-pyrrole nitrogens is 2. The van der Waals surface area contributed by atoms with Gasteiger partial charge in [0.25, 0.3) is 0 Å². The topological polar surface area (TPSA) is 188 Å². The van der Waals surface area contributed by atoms with E-state index >= 15 is 0 Å². The van der Waals surface area contributed by atoms with Crippen molar-refractivity contribution in [3.63, 3.8) is 0 Å². The number of aliphatic hydroxyl groups excluding tert-OH is 1.